The van der Waals surface area contributed by atoms with Gasteiger partial charge in [-0.3, -0.25) is 15.0 Å². The number of benzene rings is 2. The third-order valence-electron chi connectivity index (χ3n) is 8.41. The summed E-state index contributed by atoms with van der Waals surface area (Å²) in [5.41, 5.74) is -2.22. The molecule has 1 aliphatic carbocycles. The Morgan fingerprint density at radius 2 is 1.97 bits per heavy atom. The third-order valence-corrected chi connectivity index (χ3v) is 8.41. The number of hydrogen-bond donors (Lipinski definition) is 3. The molecule has 212 valence electrons. The van der Waals surface area contributed by atoms with Gasteiger partial charge in [0, 0.05) is 61.5 Å². The van der Waals surface area contributed by atoms with E-state index >= 15 is 0 Å². The zero-order chi connectivity index (χ0) is 27.9. The Morgan fingerprint density at radius 1 is 1.23 bits per heavy atom. The summed E-state index contributed by atoms with van der Waals surface area (Å²) >= 11 is 0. The maximum Gasteiger partial charge on any atom is 0.423 e. The molecule has 0 spiro atoms. The Labute approximate surface area is 223 Å². The van der Waals surface area contributed by atoms with E-state index in [-0.39, 0.29) is 35.7 Å². The molecule has 2 aromatic carbocycles. The number of nitrogens with one attached hydrogen (secondary N) is 2. The van der Waals surface area contributed by atoms with Gasteiger partial charge in [-0.1, -0.05) is 0 Å². The van der Waals surface area contributed by atoms with Crippen LogP contribution in [0.1, 0.15) is 43.7 Å². The summed E-state index contributed by atoms with van der Waals surface area (Å²) in [5, 5.41) is 29.1. The number of aliphatic hydroxyl groups is 1. The van der Waals surface area contributed by atoms with Gasteiger partial charge in [0.15, 0.2) is 0 Å². The van der Waals surface area contributed by atoms with Crippen LogP contribution >= 0.6 is 0 Å². The second-order valence-corrected chi connectivity index (χ2v) is 10.9. The first-order valence-corrected chi connectivity index (χ1v) is 13.2. The predicted octanol–water partition coefficient (Wildman–Crippen LogP) is 4.50. The highest BCUT2D eigenvalue weighted by molar-refractivity contribution is 5.55. The maximum absolute atomic E-state index is 13.6. The van der Waals surface area contributed by atoms with Crippen LogP contribution in [0.4, 0.5) is 28.9 Å². The van der Waals surface area contributed by atoms with Crippen LogP contribution in [0.5, 0.6) is 5.75 Å². The van der Waals surface area contributed by atoms with Crippen molar-refractivity contribution in [3.63, 3.8) is 0 Å². The SMILES string of the molecule is C[C@@H]([C@H]1Cc2cc(F)ccc2O1)N1CCNC(C2(O)CCC(Nc3ccc([N+](=O)[O-])c(C(F)(F)F)c3)CC2)C1. The number of nitrogens with zero attached hydrogens (tertiary/aromatic N) is 2. The minimum absolute atomic E-state index is 0.0524. The van der Waals surface area contributed by atoms with Crippen LogP contribution in [-0.2, 0) is 12.6 Å². The van der Waals surface area contributed by atoms with Crippen LogP contribution in [0.3, 0.4) is 0 Å². The standard InChI is InChI=1S/C27H32F4N4O4/c1-16(24-13-17-12-18(28)2-5-23(17)39-24)34-11-10-32-25(15-34)26(36)8-6-19(7-9-26)33-20-3-4-22(35(37)38)21(14-20)27(29,30)31/h2-5,12,14,16,19,24-25,32-33,36H,6-11,13,15H2,1H3/t16-,19?,24+,25?,26?/m0/s1. The van der Waals surface area contributed by atoms with Crippen molar-refractivity contribution >= 4 is 11.4 Å². The minimum atomic E-state index is -4.84. The molecule has 0 amide bonds. The van der Waals surface area contributed by atoms with Crippen LogP contribution in [0.2, 0.25) is 0 Å². The smallest absolute Gasteiger partial charge is 0.423 e. The number of rotatable bonds is 6. The number of hydrogen-bond acceptors (Lipinski definition) is 7. The summed E-state index contributed by atoms with van der Waals surface area (Å²) in [7, 11) is 0. The fraction of sp³-hybridized carbons (Fsp3) is 0.556. The van der Waals surface area contributed by atoms with Gasteiger partial charge in [-0.15, -0.1) is 0 Å². The predicted molar refractivity (Wildman–Crippen MR) is 136 cm³/mol. The van der Waals surface area contributed by atoms with Crippen LogP contribution in [0.25, 0.3) is 0 Å². The Balaban J connectivity index is 1.18. The molecule has 0 bridgehead atoms. The van der Waals surface area contributed by atoms with Gasteiger partial charge in [0.25, 0.3) is 5.69 Å². The number of ether oxygens (including phenoxy) is 1. The molecule has 0 aromatic heterocycles. The van der Waals surface area contributed by atoms with Crippen molar-refractivity contribution in [2.75, 3.05) is 25.0 Å². The van der Waals surface area contributed by atoms with Crippen molar-refractivity contribution in [3.8, 4) is 5.75 Å². The van der Waals surface area contributed by atoms with Gasteiger partial charge in [-0.05, 0) is 62.9 Å². The fourth-order valence-corrected chi connectivity index (χ4v) is 6.11. The molecule has 1 saturated carbocycles. The van der Waals surface area contributed by atoms with E-state index in [1.807, 2.05) is 0 Å². The molecule has 2 aliphatic heterocycles. The molecular weight excluding hydrogens is 520 g/mol. The summed E-state index contributed by atoms with van der Waals surface area (Å²) in [4.78, 5) is 12.3. The summed E-state index contributed by atoms with van der Waals surface area (Å²) in [6.45, 7) is 4.16. The Bertz CT molecular complexity index is 1220. The summed E-state index contributed by atoms with van der Waals surface area (Å²) in [6, 6.07) is 7.19. The minimum Gasteiger partial charge on any atom is -0.488 e. The maximum atomic E-state index is 13.6. The molecule has 12 heteroatoms. The number of halogens is 4. The van der Waals surface area contributed by atoms with E-state index in [9.17, 15) is 32.8 Å². The zero-order valence-electron chi connectivity index (χ0n) is 21.5. The summed E-state index contributed by atoms with van der Waals surface area (Å²) in [5.74, 6) is 0.425. The molecule has 5 rings (SSSR count). The van der Waals surface area contributed by atoms with Gasteiger partial charge < -0.3 is 20.5 Å². The zero-order valence-corrected chi connectivity index (χ0v) is 21.5. The Morgan fingerprint density at radius 3 is 2.67 bits per heavy atom. The van der Waals surface area contributed by atoms with Gasteiger partial charge in [0.2, 0.25) is 0 Å². The lowest BCUT2D eigenvalue weighted by atomic mass is 9.76. The second-order valence-electron chi connectivity index (χ2n) is 10.9. The van der Waals surface area contributed by atoms with Crippen molar-refractivity contribution in [1.82, 2.24) is 10.2 Å². The Kier molecular flexibility index (Phi) is 7.47. The number of anilines is 1. The van der Waals surface area contributed by atoms with Gasteiger partial charge in [0.1, 0.15) is 23.2 Å². The molecule has 3 aliphatic rings. The van der Waals surface area contributed by atoms with E-state index in [0.717, 1.165) is 24.2 Å². The molecule has 3 atom stereocenters. The van der Waals surface area contributed by atoms with Crippen LogP contribution in [0, 0.1) is 15.9 Å². The molecule has 1 saturated heterocycles. The first-order chi connectivity index (χ1) is 18.4. The van der Waals surface area contributed by atoms with Crippen LogP contribution < -0.4 is 15.4 Å². The number of nitro benzene ring substituents is 1. The highest BCUT2D eigenvalue weighted by Crippen LogP contribution is 2.39. The quantitative estimate of drug-likeness (QED) is 0.276. The molecule has 1 unspecified atom stereocenters. The number of fused-ring (bicyclic) bond motifs is 1. The lowest BCUT2D eigenvalue weighted by Crippen LogP contribution is -2.64. The van der Waals surface area contributed by atoms with Crippen LogP contribution in [-0.4, -0.2) is 64.4 Å². The molecule has 0 radical (unpaired) electrons. The highest BCUT2D eigenvalue weighted by Gasteiger charge is 2.44. The first kappa shape index (κ1) is 27.6. The van der Waals surface area contributed by atoms with Crippen LogP contribution in [0.15, 0.2) is 36.4 Å². The molecule has 39 heavy (non-hydrogen) atoms. The fourth-order valence-electron chi connectivity index (χ4n) is 6.11. The topological polar surface area (TPSA) is 99.9 Å². The lowest BCUT2D eigenvalue weighted by molar-refractivity contribution is -0.388. The highest BCUT2D eigenvalue weighted by atomic mass is 19.4. The van der Waals surface area contributed by atoms with Gasteiger partial charge >= 0.3 is 6.18 Å². The summed E-state index contributed by atoms with van der Waals surface area (Å²) in [6.07, 6.45) is -2.35. The van der Waals surface area contributed by atoms with E-state index in [1.54, 1.807) is 6.07 Å². The van der Waals surface area contributed by atoms with E-state index in [2.05, 4.69) is 22.5 Å². The Hall–Kier alpha value is -2.96. The monoisotopic (exact) mass is 552 g/mol. The second kappa shape index (κ2) is 10.5. The van der Waals surface area contributed by atoms with Gasteiger partial charge in [0.05, 0.1) is 10.5 Å². The molecular formula is C27H32F4N4O4. The molecule has 2 heterocycles. The van der Waals surface area contributed by atoms with Gasteiger partial charge in [-0.2, -0.15) is 13.2 Å². The molecule has 2 aromatic rings. The number of alkyl halides is 3. The van der Waals surface area contributed by atoms with Gasteiger partial charge in [-0.25, -0.2) is 4.39 Å². The molecule has 8 nitrogen and oxygen atoms in total. The van der Waals surface area contributed by atoms with Crippen molar-refractivity contribution < 1.29 is 32.3 Å². The van der Waals surface area contributed by atoms with Crippen molar-refractivity contribution in [3.05, 3.63) is 63.5 Å². The lowest BCUT2D eigenvalue weighted by Gasteiger charge is -2.48. The normalized spacial score (nSPS) is 28.4. The largest absolute Gasteiger partial charge is 0.488 e. The van der Waals surface area contributed by atoms with E-state index in [0.29, 0.717) is 50.9 Å². The van der Waals surface area contributed by atoms with E-state index in [1.165, 1.54) is 18.2 Å². The van der Waals surface area contributed by atoms with Crippen molar-refractivity contribution in [1.29, 1.82) is 0 Å². The number of piperazine rings is 1. The summed E-state index contributed by atoms with van der Waals surface area (Å²) < 4.78 is 59.8. The average Bonchev–Trinajstić information content (AvgIpc) is 3.32. The third kappa shape index (κ3) is 5.82. The van der Waals surface area contributed by atoms with Crippen molar-refractivity contribution in [2.45, 2.75) is 75.0 Å². The van der Waals surface area contributed by atoms with Crippen molar-refractivity contribution in [2.24, 2.45) is 0 Å². The number of nitro groups is 1. The van der Waals surface area contributed by atoms with E-state index < -0.39 is 28.0 Å². The molecule has 2 fully saturated rings. The van der Waals surface area contributed by atoms with E-state index in [4.69, 9.17) is 4.74 Å². The average molecular weight is 553 g/mol. The first-order valence-electron chi connectivity index (χ1n) is 13.2. The molecule has 3 N–H and O–H groups in total.